The van der Waals surface area contributed by atoms with Gasteiger partial charge in [0.1, 0.15) is 5.69 Å². The number of nitrogens with zero attached hydrogens (tertiary/aromatic N) is 1. The number of nitrogens with two attached hydrogens (primary N) is 1. The third-order valence-electron chi connectivity index (χ3n) is 4.97. The van der Waals surface area contributed by atoms with E-state index in [-0.39, 0.29) is 27.8 Å². The molecule has 0 aliphatic carbocycles. The maximum atomic E-state index is 12.9. The second-order valence-electron chi connectivity index (χ2n) is 10.8. The second-order valence-corrected chi connectivity index (χ2v) is 12.5. The molecule has 4 N–H and O–H groups in total. The summed E-state index contributed by atoms with van der Waals surface area (Å²) < 4.78 is 27.8. The molecular weight excluding hydrogens is 440 g/mol. The quantitative estimate of drug-likeness (QED) is 0.535. The zero-order chi connectivity index (χ0) is 25.2. The number of pyridine rings is 1. The first-order chi connectivity index (χ1) is 15.0. The van der Waals surface area contributed by atoms with Crippen molar-refractivity contribution in [2.45, 2.75) is 77.8 Å². The number of rotatable bonds is 8. The molecule has 0 aliphatic rings. The Morgan fingerprint density at radius 1 is 1.12 bits per heavy atom. The minimum Gasteiger partial charge on any atom is -0.346 e. The summed E-state index contributed by atoms with van der Waals surface area (Å²) >= 11 is 0. The Hall–Kier alpha value is -2.52. The fourth-order valence-electron chi connectivity index (χ4n) is 4.12. The lowest BCUT2D eigenvalue weighted by Gasteiger charge is -2.33. The van der Waals surface area contributed by atoms with E-state index >= 15 is 0 Å². The van der Waals surface area contributed by atoms with Crippen LogP contribution in [0.15, 0.2) is 35.4 Å². The van der Waals surface area contributed by atoms with Crippen LogP contribution in [0.2, 0.25) is 0 Å². The molecule has 0 bridgehead atoms. The Morgan fingerprint density at radius 2 is 1.76 bits per heavy atom. The molecule has 182 valence electrons. The summed E-state index contributed by atoms with van der Waals surface area (Å²) in [6.07, 6.45) is 2.47. The lowest BCUT2D eigenvalue weighted by Crippen LogP contribution is -2.46. The summed E-state index contributed by atoms with van der Waals surface area (Å²) in [6, 6.07) is 5.25. The lowest BCUT2D eigenvalue weighted by molar-refractivity contribution is -0.120. The molecule has 0 fully saturated rings. The molecule has 0 unspecified atom stereocenters. The summed E-state index contributed by atoms with van der Waals surface area (Å²) in [5.41, 5.74) is 5.59. The number of sulfonamides is 1. The normalized spacial score (nSPS) is 13.7. The average molecular weight is 477 g/mol. The zero-order valence-corrected chi connectivity index (χ0v) is 21.3. The molecule has 1 aromatic heterocycles. The Labute approximate surface area is 196 Å². The molecule has 1 aromatic carbocycles. The topological polar surface area (TPSA) is 131 Å². The third-order valence-corrected chi connectivity index (χ3v) is 6.37. The van der Waals surface area contributed by atoms with Crippen molar-refractivity contribution < 1.29 is 18.0 Å². The maximum absolute atomic E-state index is 12.9. The standard InChI is InChI=1S/C24H36N4O4S/c1-15(2)11-18(25)21(29)28-33(31,32)20-10-8-9-16-12-19(26-13-17(16)20)22(30)27-24(6,7)14-23(3,4)5/h8-10,12-13,15,18H,11,14,25H2,1-7H3,(H,27,30)(H,28,29)/t18-/m0/s1. The number of aromatic nitrogens is 1. The molecule has 8 nitrogen and oxygen atoms in total. The van der Waals surface area contributed by atoms with Crippen LogP contribution in [0.3, 0.4) is 0 Å². The van der Waals surface area contributed by atoms with Gasteiger partial charge in [-0.05, 0) is 55.5 Å². The zero-order valence-electron chi connectivity index (χ0n) is 20.5. The molecule has 0 saturated carbocycles. The van der Waals surface area contributed by atoms with Gasteiger partial charge in [0.05, 0.1) is 10.9 Å². The summed E-state index contributed by atoms with van der Waals surface area (Å²) in [4.78, 5) is 29.2. The van der Waals surface area contributed by atoms with Crippen LogP contribution in [-0.2, 0) is 14.8 Å². The molecular formula is C24H36N4O4S. The first-order valence-electron chi connectivity index (χ1n) is 11.0. The van der Waals surface area contributed by atoms with Crippen molar-refractivity contribution in [1.29, 1.82) is 0 Å². The van der Waals surface area contributed by atoms with Crippen LogP contribution in [-0.4, -0.2) is 36.8 Å². The van der Waals surface area contributed by atoms with Crippen LogP contribution in [0.5, 0.6) is 0 Å². The number of fused-ring (bicyclic) bond motifs is 1. The van der Waals surface area contributed by atoms with Crippen molar-refractivity contribution in [3.63, 3.8) is 0 Å². The summed E-state index contributed by atoms with van der Waals surface area (Å²) in [5, 5.41) is 3.83. The molecule has 1 atom stereocenters. The van der Waals surface area contributed by atoms with Gasteiger partial charge in [0.25, 0.3) is 21.8 Å². The number of hydrogen-bond acceptors (Lipinski definition) is 6. The summed E-state index contributed by atoms with van der Waals surface area (Å²) in [7, 11) is -4.17. The highest BCUT2D eigenvalue weighted by molar-refractivity contribution is 7.90. The van der Waals surface area contributed by atoms with Crippen LogP contribution >= 0.6 is 0 Å². The Kier molecular flexibility index (Phi) is 7.91. The molecule has 1 heterocycles. The van der Waals surface area contributed by atoms with E-state index in [4.69, 9.17) is 5.73 Å². The van der Waals surface area contributed by atoms with Gasteiger partial charge in [-0.2, -0.15) is 0 Å². The molecule has 2 rings (SSSR count). The Balaban J connectivity index is 2.31. The molecule has 0 radical (unpaired) electrons. The van der Waals surface area contributed by atoms with Gasteiger partial charge in [-0.3, -0.25) is 14.6 Å². The first kappa shape index (κ1) is 26.7. The SMILES string of the molecule is CC(C)C[C@H](N)C(=O)NS(=O)(=O)c1cccc2cc(C(=O)NC(C)(C)CC(C)(C)C)ncc12. The highest BCUT2D eigenvalue weighted by atomic mass is 32.2. The molecule has 33 heavy (non-hydrogen) atoms. The fraction of sp³-hybridized carbons (Fsp3) is 0.542. The van der Waals surface area contributed by atoms with Gasteiger partial charge in [-0.15, -0.1) is 0 Å². The van der Waals surface area contributed by atoms with Crippen molar-refractivity contribution in [3.05, 3.63) is 36.2 Å². The van der Waals surface area contributed by atoms with Gasteiger partial charge in [0.15, 0.2) is 0 Å². The number of carbonyl (C=O) groups is 2. The van der Waals surface area contributed by atoms with E-state index in [1.807, 2.05) is 27.7 Å². The first-order valence-corrected chi connectivity index (χ1v) is 12.5. The van der Waals surface area contributed by atoms with E-state index in [1.165, 1.54) is 12.3 Å². The molecule has 0 spiro atoms. The molecule has 2 amide bonds. The third kappa shape index (κ3) is 7.50. The average Bonchev–Trinajstić information content (AvgIpc) is 2.63. The predicted molar refractivity (Wildman–Crippen MR) is 130 cm³/mol. The monoisotopic (exact) mass is 476 g/mol. The van der Waals surface area contributed by atoms with Crippen LogP contribution in [0, 0.1) is 11.3 Å². The van der Waals surface area contributed by atoms with Gasteiger partial charge >= 0.3 is 0 Å². The van der Waals surface area contributed by atoms with Gasteiger partial charge in [-0.25, -0.2) is 13.1 Å². The van der Waals surface area contributed by atoms with E-state index in [1.54, 1.807) is 18.2 Å². The van der Waals surface area contributed by atoms with E-state index < -0.39 is 27.5 Å². The molecule has 0 saturated heterocycles. The van der Waals surface area contributed by atoms with Crippen molar-refractivity contribution in [2.24, 2.45) is 17.1 Å². The number of hydrogen-bond donors (Lipinski definition) is 3. The van der Waals surface area contributed by atoms with Gasteiger partial charge in [0, 0.05) is 17.1 Å². The Bertz CT molecular complexity index is 1130. The smallest absolute Gasteiger partial charge is 0.270 e. The minimum absolute atomic E-state index is 0.0268. The van der Waals surface area contributed by atoms with E-state index in [2.05, 4.69) is 35.8 Å². The number of benzene rings is 1. The minimum atomic E-state index is -4.17. The van der Waals surface area contributed by atoms with Crippen LogP contribution in [0.4, 0.5) is 0 Å². The van der Waals surface area contributed by atoms with Crippen molar-refractivity contribution in [2.75, 3.05) is 0 Å². The van der Waals surface area contributed by atoms with Crippen molar-refractivity contribution in [1.82, 2.24) is 15.0 Å². The lowest BCUT2D eigenvalue weighted by atomic mass is 9.82. The summed E-state index contributed by atoms with van der Waals surface area (Å²) in [6.45, 7) is 14.0. The number of amides is 2. The predicted octanol–water partition coefficient (Wildman–Crippen LogP) is 3.36. The van der Waals surface area contributed by atoms with E-state index in [0.29, 0.717) is 17.2 Å². The maximum Gasteiger partial charge on any atom is 0.270 e. The van der Waals surface area contributed by atoms with Crippen LogP contribution in [0.25, 0.3) is 10.8 Å². The molecule has 9 heteroatoms. The van der Waals surface area contributed by atoms with E-state index in [0.717, 1.165) is 6.42 Å². The van der Waals surface area contributed by atoms with Crippen molar-refractivity contribution in [3.8, 4) is 0 Å². The fourth-order valence-corrected chi connectivity index (χ4v) is 5.37. The molecule has 2 aromatic rings. The second kappa shape index (κ2) is 9.77. The van der Waals surface area contributed by atoms with Crippen LogP contribution in [0.1, 0.15) is 71.8 Å². The van der Waals surface area contributed by atoms with Gasteiger partial charge in [-0.1, -0.05) is 46.8 Å². The largest absolute Gasteiger partial charge is 0.346 e. The van der Waals surface area contributed by atoms with Gasteiger partial charge in [0.2, 0.25) is 0 Å². The highest BCUT2D eigenvalue weighted by Gasteiger charge is 2.28. The van der Waals surface area contributed by atoms with Crippen molar-refractivity contribution >= 4 is 32.6 Å². The van der Waals surface area contributed by atoms with E-state index in [9.17, 15) is 18.0 Å². The van der Waals surface area contributed by atoms with Gasteiger partial charge < -0.3 is 11.1 Å². The number of carbonyl (C=O) groups excluding carboxylic acids is 2. The molecule has 0 aliphatic heterocycles. The number of nitrogens with one attached hydrogen (secondary N) is 2. The highest BCUT2D eigenvalue weighted by Crippen LogP contribution is 2.27. The summed E-state index contributed by atoms with van der Waals surface area (Å²) in [5.74, 6) is -0.953. The van der Waals surface area contributed by atoms with Crippen LogP contribution < -0.4 is 15.8 Å². The Morgan fingerprint density at radius 3 is 2.33 bits per heavy atom.